The number of alkyl carbamates (subject to hydrolysis) is 1. The Morgan fingerprint density at radius 1 is 0.968 bits per heavy atom. The Morgan fingerprint density at radius 2 is 1.61 bits per heavy atom. The Balaban J connectivity index is 1.61. The van der Waals surface area contributed by atoms with Gasteiger partial charge in [-0.1, -0.05) is 45.9 Å². The maximum atomic E-state index is 15.6. The van der Waals surface area contributed by atoms with Crippen molar-refractivity contribution >= 4 is 41.9 Å². The smallest absolute Gasteiger partial charge is 0.454 e. The lowest BCUT2D eigenvalue weighted by Gasteiger charge is -2.67. The minimum atomic E-state index is -2.36. The van der Waals surface area contributed by atoms with Crippen LogP contribution in [0.5, 0.6) is 0 Å². The largest absolute Gasteiger partial charge is 0.509 e. The highest BCUT2D eigenvalue weighted by molar-refractivity contribution is 5.96. The normalized spacial score (nSPS) is 34.2. The highest BCUT2D eigenvalue weighted by Crippen LogP contribution is 2.67. The van der Waals surface area contributed by atoms with Crippen LogP contribution in [0.15, 0.2) is 41.5 Å². The van der Waals surface area contributed by atoms with Crippen LogP contribution < -0.4 is 5.32 Å². The average molecular weight is 872 g/mol. The molecule has 3 aliphatic carbocycles. The molecule has 2 bridgehead atoms. The molecule has 1 spiro atoms. The van der Waals surface area contributed by atoms with Crippen molar-refractivity contribution < 1.29 is 81.7 Å². The summed E-state index contributed by atoms with van der Waals surface area (Å²) in [7, 11) is 0. The van der Waals surface area contributed by atoms with Crippen LogP contribution in [0.25, 0.3) is 0 Å². The molecule has 3 N–H and O–H groups in total. The molecule has 12 atom stereocenters. The van der Waals surface area contributed by atoms with Crippen LogP contribution >= 0.6 is 0 Å². The minimum absolute atomic E-state index is 0.0261. The van der Waals surface area contributed by atoms with Crippen molar-refractivity contribution in [2.24, 2.45) is 22.7 Å². The lowest BCUT2D eigenvalue weighted by Crippen LogP contribution is -2.83. The molecule has 62 heavy (non-hydrogen) atoms. The summed E-state index contributed by atoms with van der Waals surface area (Å²) in [5, 5.41) is 26.3. The molecule has 0 aromatic heterocycles. The maximum Gasteiger partial charge on any atom is 0.509 e. The van der Waals surface area contributed by atoms with Gasteiger partial charge in [-0.25, -0.2) is 19.2 Å². The van der Waals surface area contributed by atoms with Gasteiger partial charge in [-0.2, -0.15) is 0 Å². The van der Waals surface area contributed by atoms with E-state index in [0.717, 1.165) is 13.8 Å². The first-order valence-corrected chi connectivity index (χ1v) is 20.7. The summed E-state index contributed by atoms with van der Waals surface area (Å²) in [6.45, 7) is 16.2. The van der Waals surface area contributed by atoms with E-state index in [2.05, 4.69) is 5.32 Å². The van der Waals surface area contributed by atoms with Crippen molar-refractivity contribution in [3.8, 4) is 0 Å². The van der Waals surface area contributed by atoms with Crippen molar-refractivity contribution in [2.45, 2.75) is 155 Å². The third-order valence-electron chi connectivity index (χ3n) is 12.9. The number of aliphatic hydroxyl groups is 2. The number of Topliss-reactive ketones (excluding diaryl/α,β-unsaturated/α-hetero) is 1. The zero-order valence-corrected chi connectivity index (χ0v) is 36.8. The number of benzene rings is 1. The summed E-state index contributed by atoms with van der Waals surface area (Å²) in [4.78, 5) is 97.3. The zero-order valence-electron chi connectivity index (χ0n) is 36.8. The van der Waals surface area contributed by atoms with E-state index in [1.165, 1.54) is 26.0 Å². The predicted octanol–water partition coefficient (Wildman–Crippen LogP) is 3.66. The molecule has 1 amide bonds. The Morgan fingerprint density at radius 3 is 2.16 bits per heavy atom. The van der Waals surface area contributed by atoms with Gasteiger partial charge in [0.25, 0.3) is 0 Å². The third-order valence-corrected chi connectivity index (χ3v) is 12.9. The van der Waals surface area contributed by atoms with Crippen LogP contribution in [0.4, 0.5) is 9.59 Å². The monoisotopic (exact) mass is 871 g/mol. The van der Waals surface area contributed by atoms with Gasteiger partial charge in [-0.3, -0.25) is 14.4 Å². The van der Waals surface area contributed by atoms with Crippen LogP contribution in [-0.4, -0.2) is 124 Å². The number of ether oxygens (including phenoxy) is 8. The maximum absolute atomic E-state index is 15.6. The van der Waals surface area contributed by atoms with E-state index >= 15 is 4.79 Å². The Bertz CT molecular complexity index is 2040. The lowest BCUT2D eigenvalue weighted by atomic mass is 9.44. The number of aliphatic hydroxyl groups excluding tert-OH is 2. The summed E-state index contributed by atoms with van der Waals surface area (Å²) >= 11 is 0. The average Bonchev–Trinajstić information content (AvgIpc) is 3.52. The second-order valence-electron chi connectivity index (χ2n) is 19.0. The molecule has 0 radical (unpaired) electrons. The molecule has 2 saturated carbocycles. The second-order valence-corrected chi connectivity index (χ2v) is 19.0. The van der Waals surface area contributed by atoms with Gasteiger partial charge >= 0.3 is 36.1 Å². The first-order valence-electron chi connectivity index (χ1n) is 20.7. The van der Waals surface area contributed by atoms with Gasteiger partial charge in [0.2, 0.25) is 5.60 Å². The molecule has 6 rings (SSSR count). The first-order chi connectivity index (χ1) is 28.7. The fraction of sp³-hybridized carbons (Fsp3) is 0.659. The van der Waals surface area contributed by atoms with Crippen molar-refractivity contribution in [3.05, 3.63) is 47.0 Å². The topological polar surface area (TPSA) is 246 Å². The van der Waals surface area contributed by atoms with Crippen LogP contribution in [0.1, 0.15) is 99.4 Å². The Labute approximate surface area is 359 Å². The highest BCUT2D eigenvalue weighted by atomic mass is 16.8. The number of carbonyl (C=O) groups is 7. The van der Waals surface area contributed by atoms with Crippen LogP contribution in [0.2, 0.25) is 0 Å². The molecule has 4 fully saturated rings. The van der Waals surface area contributed by atoms with Gasteiger partial charge in [0.15, 0.2) is 41.9 Å². The van der Waals surface area contributed by atoms with E-state index in [0.29, 0.717) is 0 Å². The van der Waals surface area contributed by atoms with Gasteiger partial charge < -0.3 is 53.4 Å². The quantitative estimate of drug-likeness (QED) is 0.173. The van der Waals surface area contributed by atoms with Crippen LogP contribution in [-0.2, 0) is 57.1 Å². The van der Waals surface area contributed by atoms with Gasteiger partial charge in [-0.05, 0) is 70.2 Å². The van der Waals surface area contributed by atoms with E-state index in [1.807, 2.05) is 0 Å². The summed E-state index contributed by atoms with van der Waals surface area (Å²) in [6, 6.07) is 6.47. The number of ketones is 1. The molecule has 2 saturated heterocycles. The second kappa shape index (κ2) is 16.2. The number of fused-ring (bicyclic) bond motifs is 4. The molecule has 1 aromatic rings. The van der Waals surface area contributed by atoms with Crippen LogP contribution in [0, 0.1) is 22.7 Å². The van der Waals surface area contributed by atoms with Crippen molar-refractivity contribution in [1.82, 2.24) is 5.32 Å². The summed E-state index contributed by atoms with van der Waals surface area (Å²) in [6.07, 6.45) is -14.5. The molecular formula is C44H57NO17. The molecule has 18 heteroatoms. The van der Waals surface area contributed by atoms with Crippen molar-refractivity contribution in [1.29, 1.82) is 0 Å². The molecule has 2 aliphatic heterocycles. The van der Waals surface area contributed by atoms with E-state index in [-0.39, 0.29) is 42.1 Å². The number of amides is 1. The number of carbonyl (C=O) groups excluding carboxylic acids is 7. The molecule has 1 aromatic carbocycles. The van der Waals surface area contributed by atoms with Crippen molar-refractivity contribution in [3.63, 3.8) is 0 Å². The number of rotatable bonds is 10. The Hall–Kier alpha value is -5.07. The molecule has 18 nitrogen and oxygen atoms in total. The Kier molecular flexibility index (Phi) is 12.2. The summed E-state index contributed by atoms with van der Waals surface area (Å²) in [5.41, 5.74) is -8.99. The van der Waals surface area contributed by atoms with E-state index in [9.17, 15) is 39.0 Å². The number of esters is 4. The number of hydrogen-bond acceptors (Lipinski definition) is 17. The van der Waals surface area contributed by atoms with E-state index < -0.39 is 124 Å². The third kappa shape index (κ3) is 7.61. The summed E-state index contributed by atoms with van der Waals surface area (Å²) < 4.78 is 48.1. The van der Waals surface area contributed by atoms with E-state index in [4.69, 9.17) is 37.9 Å². The van der Waals surface area contributed by atoms with Gasteiger partial charge in [0.1, 0.15) is 11.7 Å². The molecular weight excluding hydrogens is 814 g/mol. The predicted molar refractivity (Wildman–Crippen MR) is 212 cm³/mol. The molecule has 2 heterocycles. The van der Waals surface area contributed by atoms with Crippen molar-refractivity contribution in [2.75, 3.05) is 6.61 Å². The minimum Gasteiger partial charge on any atom is -0.454 e. The highest BCUT2D eigenvalue weighted by Gasteiger charge is 2.83. The van der Waals surface area contributed by atoms with Gasteiger partial charge in [-0.15, -0.1) is 0 Å². The standard InChI is InChI=1S/C44H57NO17/c1-20(2)17-25(45-38(53)61-40(6,7)8)29(49)37(52)57-30-21(3)28-31(56-22(4)46)33(50)42(11)26(48)18-27-43(19-55-27,60-23(5)47)32(42)35(58-36(51)24-15-13-12-14-16-24)44(41(28,9)10)34(30)59-39(54)62-44/h12-16,20,25-27,29-32,34-35,48-49H,17-19H2,1-11H3,(H,45,53)/t25-,26-,27?,29+,30+,31-,32-,34-,35-,42+,43-,44+/m0/s1. The lowest BCUT2D eigenvalue weighted by molar-refractivity contribution is -0.345. The fourth-order valence-electron chi connectivity index (χ4n) is 10.4. The zero-order chi connectivity index (χ0) is 46.1. The number of hydrogen-bond donors (Lipinski definition) is 3. The van der Waals surface area contributed by atoms with Gasteiger partial charge in [0.05, 0.1) is 35.6 Å². The molecule has 5 aliphatic rings. The van der Waals surface area contributed by atoms with E-state index in [1.54, 1.807) is 66.7 Å². The first kappa shape index (κ1) is 46.4. The molecule has 340 valence electrons. The van der Waals surface area contributed by atoms with Gasteiger partial charge in [0, 0.05) is 25.7 Å². The SMILES string of the molecule is CC(=O)O[C@@H]1C(=O)[C@]2(C)[C@@H](O)CC3OC[C@@]3(OC(C)=O)[C@H]2[C@H](OC(=O)c2ccccc2)[C@]23OC(=O)O[C@H]2[C@H](OC(=O)[C@H](O)[C@H](CC(C)C)NC(=O)OC(C)(C)C)C(C)=C1C3(C)C. The fourth-order valence-corrected chi connectivity index (χ4v) is 10.4. The number of nitrogens with one attached hydrogen (secondary N) is 1. The van der Waals surface area contributed by atoms with Crippen LogP contribution in [0.3, 0.4) is 0 Å². The molecule has 1 unspecified atom stereocenters. The summed E-state index contributed by atoms with van der Waals surface area (Å²) in [5.74, 6) is -6.73.